The monoisotopic (exact) mass is 110 g/mol. The molecule has 0 atom stereocenters. The molecule has 0 heterocycles. The quantitative estimate of drug-likeness (QED) is 0.449. The van der Waals surface area contributed by atoms with Crippen molar-refractivity contribution in [2.45, 2.75) is 0 Å². The lowest BCUT2D eigenvalue weighted by molar-refractivity contribution is 0.645. The number of halogens is 3. The van der Waals surface area contributed by atoms with Crippen LogP contribution in [0.2, 0.25) is 0 Å². The molecular formula is C4H5F3. The molecule has 0 aromatic carbocycles. The lowest BCUT2D eigenvalue weighted by atomic mass is 11.2. The van der Waals surface area contributed by atoms with Gasteiger partial charge in [-0.25, -0.2) is 13.2 Å². The summed E-state index contributed by atoms with van der Waals surface area (Å²) < 4.78 is 30.4. The Morgan fingerprint density at radius 3 is 1.14 bits per heavy atom. The average Bonchev–Trinajstić information content (AvgIpc) is 1.69. The number of hydrogen-bond donors (Lipinski definition) is 0. The van der Waals surface area contributed by atoms with E-state index in [1.165, 1.54) is 0 Å². The maximum Gasteiger partial charge on any atom is 0.115 e. The third-order valence-electron chi connectivity index (χ3n) is 0.0476. The van der Waals surface area contributed by atoms with Crippen molar-refractivity contribution < 1.29 is 13.2 Å². The third-order valence-corrected chi connectivity index (χ3v) is 0.0476. The summed E-state index contributed by atoms with van der Waals surface area (Å²) in [5.74, 6) is 0. The molecule has 0 aliphatic carbocycles. The van der Waals surface area contributed by atoms with Gasteiger partial charge in [-0.05, 0) is 0 Å². The molecule has 0 aromatic heterocycles. The van der Waals surface area contributed by atoms with Crippen molar-refractivity contribution in [3.8, 4) is 0 Å². The van der Waals surface area contributed by atoms with Crippen molar-refractivity contribution >= 4 is 0 Å². The highest BCUT2D eigenvalue weighted by atomic mass is 19.2. The Labute approximate surface area is 40.0 Å². The Morgan fingerprint density at radius 1 is 1.00 bits per heavy atom. The molecule has 7 heavy (non-hydrogen) atoms. The van der Waals surface area contributed by atoms with Crippen LogP contribution in [0.5, 0.6) is 0 Å². The summed E-state index contributed by atoms with van der Waals surface area (Å²) in [6, 6.07) is 0. The molecule has 0 saturated carbocycles. The minimum absolute atomic E-state index is 0.167. The van der Waals surface area contributed by atoms with Crippen LogP contribution in [-0.4, -0.2) is 0 Å². The first kappa shape index (κ1) is 9.55. The molecule has 0 fully saturated rings. The van der Waals surface area contributed by atoms with E-state index in [9.17, 15) is 13.2 Å². The van der Waals surface area contributed by atoms with E-state index in [0.29, 0.717) is 0 Å². The maximum absolute atomic E-state index is 10.2. The van der Waals surface area contributed by atoms with Gasteiger partial charge in [-0.3, -0.25) is 0 Å². The summed E-state index contributed by atoms with van der Waals surface area (Å²) in [6.07, 6.45) is -0.0833. The zero-order valence-electron chi connectivity index (χ0n) is 3.57. The van der Waals surface area contributed by atoms with Gasteiger partial charge in [0.15, 0.2) is 0 Å². The topological polar surface area (TPSA) is 0 Å². The fraction of sp³-hybridized carbons (Fsp3) is 0. The van der Waals surface area contributed by atoms with Gasteiger partial charge in [-0.1, -0.05) is 6.58 Å². The molecule has 0 radical (unpaired) electrons. The largest absolute Gasteiger partial charge is 0.216 e. The van der Waals surface area contributed by atoms with Crippen LogP contribution < -0.4 is 0 Å². The van der Waals surface area contributed by atoms with E-state index in [2.05, 4.69) is 6.58 Å². The van der Waals surface area contributed by atoms with E-state index in [0.717, 1.165) is 0 Å². The fourth-order valence-corrected chi connectivity index (χ4v) is 0. The van der Waals surface area contributed by atoms with E-state index in [1.807, 2.05) is 0 Å². The molecule has 0 aromatic rings. The van der Waals surface area contributed by atoms with E-state index in [1.54, 1.807) is 0 Å². The number of rotatable bonds is 0. The molecule has 0 spiro atoms. The highest BCUT2D eigenvalue weighted by Crippen LogP contribution is 1.67. The molecule has 0 saturated heterocycles. The molecule has 0 rings (SSSR count). The van der Waals surface area contributed by atoms with Gasteiger partial charge in [-0.15, -0.1) is 0 Å². The van der Waals surface area contributed by atoms with Gasteiger partial charge in [0.05, 0.1) is 6.33 Å². The van der Waals surface area contributed by atoms with Crippen LogP contribution in [0, 0.1) is 0 Å². The first-order valence-electron chi connectivity index (χ1n) is 1.40. The first-order valence-corrected chi connectivity index (χ1v) is 1.40. The molecule has 0 bridgehead atoms. The minimum atomic E-state index is -0.167. The van der Waals surface area contributed by atoms with Gasteiger partial charge in [0.2, 0.25) is 0 Å². The van der Waals surface area contributed by atoms with Gasteiger partial charge in [0, 0.05) is 0 Å². The zero-order chi connectivity index (χ0) is 6.12. The lowest BCUT2D eigenvalue weighted by Gasteiger charge is -1.42. The van der Waals surface area contributed by atoms with Gasteiger partial charge in [-0.2, -0.15) is 0 Å². The normalized spacial score (nSPS) is 7.29. The van der Waals surface area contributed by atoms with Gasteiger partial charge in [0.1, 0.15) is 12.7 Å². The predicted octanol–water partition coefficient (Wildman–Crippen LogP) is 2.50. The van der Waals surface area contributed by atoms with Crippen LogP contribution in [0.3, 0.4) is 0 Å². The molecule has 0 amide bonds. The molecule has 0 aliphatic rings. The van der Waals surface area contributed by atoms with Crippen molar-refractivity contribution in [3.05, 3.63) is 25.6 Å². The van der Waals surface area contributed by atoms with E-state index in [4.69, 9.17) is 0 Å². The van der Waals surface area contributed by atoms with E-state index >= 15 is 0 Å². The molecular weight excluding hydrogens is 105 g/mol. The van der Waals surface area contributed by atoms with Crippen LogP contribution in [0.4, 0.5) is 13.2 Å². The fourth-order valence-electron chi connectivity index (χ4n) is 0. The smallest absolute Gasteiger partial charge is 0.115 e. The molecule has 0 nitrogen and oxygen atoms in total. The average molecular weight is 110 g/mol. The summed E-state index contributed by atoms with van der Waals surface area (Å²) in [6.45, 7) is 2.69. The van der Waals surface area contributed by atoms with Crippen molar-refractivity contribution in [1.29, 1.82) is 0 Å². The second kappa shape index (κ2) is 18.6. The molecule has 3 heteroatoms. The van der Waals surface area contributed by atoms with E-state index in [-0.39, 0.29) is 19.0 Å². The van der Waals surface area contributed by atoms with Crippen molar-refractivity contribution in [1.82, 2.24) is 0 Å². The SMILES string of the molecule is C=CF.FC=CF. The number of hydrogen-bond acceptors (Lipinski definition) is 0. The summed E-state index contributed by atoms with van der Waals surface area (Å²) in [7, 11) is 0. The van der Waals surface area contributed by atoms with Crippen molar-refractivity contribution in [3.63, 3.8) is 0 Å². The van der Waals surface area contributed by atoms with Crippen LogP contribution in [0.1, 0.15) is 0 Å². The Kier molecular flexibility index (Phi) is 25.4. The summed E-state index contributed by atoms with van der Waals surface area (Å²) in [4.78, 5) is 0. The summed E-state index contributed by atoms with van der Waals surface area (Å²) in [5.41, 5.74) is 0. The predicted molar refractivity (Wildman–Crippen MR) is 22.7 cm³/mol. The van der Waals surface area contributed by atoms with Gasteiger partial charge >= 0.3 is 0 Å². The molecule has 0 aliphatic heterocycles. The maximum atomic E-state index is 10.2. The summed E-state index contributed by atoms with van der Waals surface area (Å²) >= 11 is 0. The Bertz CT molecular complexity index is 44.9. The zero-order valence-corrected chi connectivity index (χ0v) is 3.57. The second-order valence-corrected chi connectivity index (χ2v) is 0.406. The molecule has 0 N–H and O–H groups in total. The first-order chi connectivity index (χ1) is 3.33. The lowest BCUT2D eigenvalue weighted by Crippen LogP contribution is -1.18. The molecule has 0 unspecified atom stereocenters. The standard InChI is InChI=1S/C2H2F2.C2H3F/c3-1-2-4;1-2-3/h1-2H;2H,1H2. The molecule has 42 valence electrons. The van der Waals surface area contributed by atoms with Crippen LogP contribution in [0.25, 0.3) is 0 Å². The Morgan fingerprint density at radius 2 is 1.14 bits per heavy atom. The Hall–Kier alpha value is -0.730. The van der Waals surface area contributed by atoms with Crippen molar-refractivity contribution in [2.24, 2.45) is 0 Å². The highest BCUT2D eigenvalue weighted by molar-refractivity contribution is 4.51. The third kappa shape index (κ3) is 773. The second-order valence-electron chi connectivity index (χ2n) is 0.406. The van der Waals surface area contributed by atoms with E-state index < -0.39 is 0 Å². The summed E-state index contributed by atoms with van der Waals surface area (Å²) in [5, 5.41) is 0. The van der Waals surface area contributed by atoms with Gasteiger partial charge < -0.3 is 0 Å². The Balaban J connectivity index is 0. The van der Waals surface area contributed by atoms with Crippen LogP contribution in [0.15, 0.2) is 25.6 Å². The minimum Gasteiger partial charge on any atom is -0.216 e. The van der Waals surface area contributed by atoms with Crippen LogP contribution >= 0.6 is 0 Å². The van der Waals surface area contributed by atoms with Gasteiger partial charge in [0.25, 0.3) is 0 Å². The van der Waals surface area contributed by atoms with Crippen molar-refractivity contribution in [2.75, 3.05) is 0 Å². The highest BCUT2D eigenvalue weighted by Gasteiger charge is 1.43. The van der Waals surface area contributed by atoms with Crippen LogP contribution in [-0.2, 0) is 0 Å².